The van der Waals surface area contributed by atoms with Crippen molar-refractivity contribution in [1.29, 1.82) is 0 Å². The molecule has 4 nitrogen and oxygen atoms in total. The number of halogens is 1. The Hall–Kier alpha value is -2.38. The molecule has 0 aliphatic heterocycles. The molecule has 0 aliphatic rings. The molecule has 0 spiro atoms. The molecule has 1 amide bonds. The monoisotopic (exact) mass is 388 g/mol. The van der Waals surface area contributed by atoms with E-state index in [1.165, 1.54) is 23.5 Å². The molecule has 0 radical (unpaired) electrons. The molecule has 0 unspecified atom stereocenters. The molecule has 0 bridgehead atoms. The molecule has 3 rings (SSSR count). The number of aromatic nitrogens is 1. The molecular weight excluding hydrogens is 371 g/mol. The highest BCUT2D eigenvalue weighted by Crippen LogP contribution is 2.23. The first-order chi connectivity index (χ1) is 12.6. The molecule has 7 heteroatoms. The number of thiazole rings is 1. The van der Waals surface area contributed by atoms with Crippen LogP contribution in [0.4, 0.5) is 9.52 Å². The number of anilines is 1. The van der Waals surface area contributed by atoms with Crippen LogP contribution in [0.15, 0.2) is 53.9 Å². The molecule has 1 heterocycles. The van der Waals surface area contributed by atoms with Crippen molar-refractivity contribution in [2.24, 2.45) is 0 Å². The van der Waals surface area contributed by atoms with E-state index in [-0.39, 0.29) is 11.7 Å². The van der Waals surface area contributed by atoms with E-state index in [1.54, 1.807) is 55.3 Å². The van der Waals surface area contributed by atoms with Crippen LogP contribution in [0.5, 0.6) is 5.75 Å². The quantitative estimate of drug-likeness (QED) is 0.620. The molecule has 0 fully saturated rings. The lowest BCUT2D eigenvalue weighted by Crippen LogP contribution is -2.11. The summed E-state index contributed by atoms with van der Waals surface area (Å²) >= 11 is 3.09. The van der Waals surface area contributed by atoms with Gasteiger partial charge in [0.1, 0.15) is 11.6 Å². The first-order valence-electron chi connectivity index (χ1n) is 7.86. The Morgan fingerprint density at radius 3 is 2.58 bits per heavy atom. The fourth-order valence-electron chi connectivity index (χ4n) is 2.20. The van der Waals surface area contributed by atoms with Gasteiger partial charge in [0.15, 0.2) is 5.13 Å². The van der Waals surface area contributed by atoms with Crippen LogP contribution >= 0.6 is 23.1 Å². The maximum Gasteiger partial charge on any atom is 0.257 e. The van der Waals surface area contributed by atoms with Crippen molar-refractivity contribution in [1.82, 2.24) is 4.98 Å². The van der Waals surface area contributed by atoms with Gasteiger partial charge in [0.2, 0.25) is 0 Å². The average Bonchev–Trinajstić information content (AvgIpc) is 3.10. The van der Waals surface area contributed by atoms with Crippen molar-refractivity contribution in [2.45, 2.75) is 11.5 Å². The number of amides is 1. The van der Waals surface area contributed by atoms with Gasteiger partial charge < -0.3 is 4.74 Å². The largest absolute Gasteiger partial charge is 0.497 e. The maximum atomic E-state index is 12.9. The molecule has 0 saturated heterocycles. The molecule has 2 aromatic carbocycles. The van der Waals surface area contributed by atoms with E-state index in [9.17, 15) is 9.18 Å². The van der Waals surface area contributed by atoms with Gasteiger partial charge in [-0.25, -0.2) is 9.37 Å². The van der Waals surface area contributed by atoms with E-state index < -0.39 is 0 Å². The Kier molecular flexibility index (Phi) is 6.25. The number of ether oxygens (including phenoxy) is 1. The molecular formula is C19H17FN2O2S2. The van der Waals surface area contributed by atoms with Crippen molar-refractivity contribution < 1.29 is 13.9 Å². The molecule has 134 valence electrons. The average molecular weight is 388 g/mol. The minimum absolute atomic E-state index is 0.201. The minimum Gasteiger partial charge on any atom is -0.497 e. The van der Waals surface area contributed by atoms with Gasteiger partial charge in [-0.2, -0.15) is 11.8 Å². The zero-order valence-electron chi connectivity index (χ0n) is 14.1. The summed E-state index contributed by atoms with van der Waals surface area (Å²) in [5.41, 5.74) is 2.53. The summed E-state index contributed by atoms with van der Waals surface area (Å²) in [6.45, 7) is 0. The molecule has 0 saturated carbocycles. The summed E-state index contributed by atoms with van der Waals surface area (Å²) in [5, 5.41) is 5.31. The number of carbonyl (C=O) groups is 1. The topological polar surface area (TPSA) is 51.2 Å². The van der Waals surface area contributed by atoms with Gasteiger partial charge in [-0.1, -0.05) is 12.1 Å². The predicted octanol–water partition coefficient (Wildman–Crippen LogP) is 4.98. The number of benzene rings is 2. The standard InChI is InChI=1S/C19H17FN2O2S2/c1-24-17-8-4-14(5-9-17)18(23)22-19-21-16(12-26-19)11-25-10-13-2-6-15(20)7-3-13/h2-9,12H,10-11H2,1H3,(H,21,22,23). The van der Waals surface area contributed by atoms with Crippen LogP contribution in [0.25, 0.3) is 0 Å². The van der Waals surface area contributed by atoms with Gasteiger partial charge in [0, 0.05) is 22.4 Å². The summed E-state index contributed by atoms with van der Waals surface area (Å²) in [5.74, 6) is 1.79. The predicted molar refractivity (Wildman–Crippen MR) is 104 cm³/mol. The van der Waals surface area contributed by atoms with Crippen LogP contribution in [-0.2, 0) is 11.5 Å². The smallest absolute Gasteiger partial charge is 0.257 e. The van der Waals surface area contributed by atoms with Gasteiger partial charge in [-0.05, 0) is 42.0 Å². The highest BCUT2D eigenvalue weighted by Gasteiger charge is 2.09. The molecule has 0 atom stereocenters. The highest BCUT2D eigenvalue weighted by molar-refractivity contribution is 7.97. The third-order valence-electron chi connectivity index (χ3n) is 3.56. The molecule has 3 aromatic rings. The van der Waals surface area contributed by atoms with E-state index >= 15 is 0 Å². The zero-order chi connectivity index (χ0) is 18.4. The van der Waals surface area contributed by atoms with Crippen LogP contribution in [0.2, 0.25) is 0 Å². The molecule has 1 N–H and O–H groups in total. The van der Waals surface area contributed by atoms with Gasteiger partial charge in [-0.3, -0.25) is 10.1 Å². The second-order valence-corrected chi connectivity index (χ2v) is 7.29. The lowest BCUT2D eigenvalue weighted by atomic mass is 10.2. The number of nitrogens with zero attached hydrogens (tertiary/aromatic N) is 1. The van der Waals surface area contributed by atoms with Crippen molar-refractivity contribution in [3.8, 4) is 5.75 Å². The van der Waals surface area contributed by atoms with E-state index in [0.717, 1.165) is 22.8 Å². The number of hydrogen-bond acceptors (Lipinski definition) is 5. The number of hydrogen-bond donors (Lipinski definition) is 1. The Morgan fingerprint density at radius 1 is 1.15 bits per heavy atom. The van der Waals surface area contributed by atoms with Gasteiger partial charge in [-0.15, -0.1) is 11.3 Å². The number of nitrogens with one attached hydrogen (secondary N) is 1. The van der Waals surface area contributed by atoms with Crippen molar-refractivity contribution in [3.05, 3.63) is 76.5 Å². The number of rotatable bonds is 7. The normalized spacial score (nSPS) is 10.5. The van der Waals surface area contributed by atoms with E-state index in [2.05, 4.69) is 10.3 Å². The first-order valence-corrected chi connectivity index (χ1v) is 9.89. The first kappa shape index (κ1) is 18.4. The summed E-state index contributed by atoms with van der Waals surface area (Å²) in [6, 6.07) is 13.4. The summed E-state index contributed by atoms with van der Waals surface area (Å²) in [4.78, 5) is 16.7. The Balaban J connectivity index is 1.50. The zero-order valence-corrected chi connectivity index (χ0v) is 15.7. The molecule has 26 heavy (non-hydrogen) atoms. The summed E-state index contributed by atoms with van der Waals surface area (Å²) in [6.07, 6.45) is 0. The SMILES string of the molecule is COc1ccc(C(=O)Nc2nc(CSCc3ccc(F)cc3)cs2)cc1. The Labute approximate surface area is 159 Å². The van der Waals surface area contributed by atoms with Crippen molar-refractivity contribution in [3.63, 3.8) is 0 Å². The van der Waals surface area contributed by atoms with Crippen LogP contribution in [0.3, 0.4) is 0 Å². The maximum absolute atomic E-state index is 12.9. The van der Waals surface area contributed by atoms with E-state index in [1.807, 2.05) is 5.38 Å². The molecule has 0 aliphatic carbocycles. The van der Waals surface area contributed by atoms with Crippen molar-refractivity contribution in [2.75, 3.05) is 12.4 Å². The minimum atomic E-state index is -0.226. The van der Waals surface area contributed by atoms with Gasteiger partial charge in [0.25, 0.3) is 5.91 Å². The number of carbonyl (C=O) groups excluding carboxylic acids is 1. The Bertz CT molecular complexity index is 864. The number of thioether (sulfide) groups is 1. The second kappa shape index (κ2) is 8.82. The third-order valence-corrected chi connectivity index (χ3v) is 5.40. The highest BCUT2D eigenvalue weighted by atomic mass is 32.2. The summed E-state index contributed by atoms with van der Waals surface area (Å²) < 4.78 is 18.0. The van der Waals surface area contributed by atoms with E-state index in [0.29, 0.717) is 16.4 Å². The van der Waals surface area contributed by atoms with Gasteiger partial charge >= 0.3 is 0 Å². The van der Waals surface area contributed by atoms with Crippen LogP contribution in [-0.4, -0.2) is 18.0 Å². The lowest BCUT2D eigenvalue weighted by molar-refractivity contribution is 0.102. The Morgan fingerprint density at radius 2 is 1.88 bits per heavy atom. The van der Waals surface area contributed by atoms with Crippen LogP contribution in [0.1, 0.15) is 21.6 Å². The molecule has 1 aromatic heterocycles. The van der Waals surface area contributed by atoms with Crippen LogP contribution < -0.4 is 10.1 Å². The fraction of sp³-hybridized carbons (Fsp3) is 0.158. The van der Waals surface area contributed by atoms with Crippen molar-refractivity contribution >= 4 is 34.1 Å². The summed E-state index contributed by atoms with van der Waals surface area (Å²) in [7, 11) is 1.58. The third kappa shape index (κ3) is 5.06. The van der Waals surface area contributed by atoms with Crippen LogP contribution in [0, 0.1) is 5.82 Å². The lowest BCUT2D eigenvalue weighted by Gasteiger charge is -2.03. The van der Waals surface area contributed by atoms with E-state index in [4.69, 9.17) is 4.74 Å². The number of methoxy groups -OCH3 is 1. The van der Waals surface area contributed by atoms with Gasteiger partial charge in [0.05, 0.1) is 12.8 Å². The second-order valence-electron chi connectivity index (χ2n) is 5.45. The fourth-order valence-corrected chi connectivity index (χ4v) is 3.89.